The van der Waals surface area contributed by atoms with Crippen molar-refractivity contribution in [1.82, 2.24) is 14.1 Å². The standard InChI is InChI=1S/C24H37N3O4S/c1-18-14-27(19(2)17-28)32(29,30)24-11-10-20(7-6-12-25(3)4)13-22(24)31-23(18)16-26(5)15-21-8-9-21/h10-11,13,18-19,21,23,28H,8-9,12,14-17H2,1-5H3/t18-,19-,23-/m1/s1. The summed E-state index contributed by atoms with van der Waals surface area (Å²) in [7, 11) is 2.18. The topological polar surface area (TPSA) is 73.3 Å². The lowest BCUT2D eigenvalue weighted by Gasteiger charge is -2.37. The molecule has 1 N–H and O–H groups in total. The van der Waals surface area contributed by atoms with E-state index in [2.05, 4.69) is 23.8 Å². The van der Waals surface area contributed by atoms with Gasteiger partial charge in [0.15, 0.2) is 0 Å². The third kappa shape index (κ3) is 6.24. The van der Waals surface area contributed by atoms with Gasteiger partial charge in [0.1, 0.15) is 16.7 Å². The number of fused-ring (bicyclic) bond motifs is 1. The van der Waals surface area contributed by atoms with Gasteiger partial charge in [0.05, 0.1) is 13.2 Å². The molecule has 1 aliphatic heterocycles. The number of benzene rings is 1. The Labute approximate surface area is 193 Å². The van der Waals surface area contributed by atoms with Crippen molar-refractivity contribution in [2.75, 3.05) is 53.9 Å². The summed E-state index contributed by atoms with van der Waals surface area (Å²) in [6, 6.07) is 4.53. The van der Waals surface area contributed by atoms with Gasteiger partial charge in [-0.25, -0.2) is 8.42 Å². The molecule has 0 unspecified atom stereocenters. The van der Waals surface area contributed by atoms with Gasteiger partial charge in [-0.15, -0.1) is 0 Å². The minimum atomic E-state index is -3.82. The molecule has 0 amide bonds. The van der Waals surface area contributed by atoms with E-state index in [1.807, 2.05) is 25.9 Å². The van der Waals surface area contributed by atoms with Gasteiger partial charge in [0.25, 0.3) is 0 Å². The zero-order valence-electron chi connectivity index (χ0n) is 19.9. The van der Waals surface area contributed by atoms with Crippen molar-refractivity contribution in [2.24, 2.45) is 11.8 Å². The number of likely N-dealkylation sites (N-methyl/N-ethyl adjacent to an activating group) is 1. The predicted molar refractivity (Wildman–Crippen MR) is 126 cm³/mol. The van der Waals surface area contributed by atoms with Crippen LogP contribution in [0.2, 0.25) is 0 Å². The summed E-state index contributed by atoms with van der Waals surface area (Å²) in [6.07, 6.45) is 2.39. The molecule has 1 fully saturated rings. The molecular formula is C24H37N3O4S. The fourth-order valence-electron chi connectivity index (χ4n) is 3.94. The first-order valence-corrected chi connectivity index (χ1v) is 12.8. The monoisotopic (exact) mass is 463 g/mol. The Bertz CT molecular complexity index is 950. The van der Waals surface area contributed by atoms with Crippen LogP contribution < -0.4 is 4.74 Å². The molecule has 1 saturated carbocycles. The van der Waals surface area contributed by atoms with E-state index in [4.69, 9.17) is 4.74 Å². The van der Waals surface area contributed by atoms with Crippen LogP contribution in [0.25, 0.3) is 0 Å². The summed E-state index contributed by atoms with van der Waals surface area (Å²) in [5.41, 5.74) is 0.723. The second-order valence-electron chi connectivity index (χ2n) is 9.61. The molecule has 0 aromatic heterocycles. The van der Waals surface area contributed by atoms with Gasteiger partial charge in [-0.1, -0.05) is 18.8 Å². The normalized spacial score (nSPS) is 24.1. The Morgan fingerprint density at radius 2 is 1.97 bits per heavy atom. The van der Waals surface area contributed by atoms with Crippen LogP contribution in [-0.2, 0) is 10.0 Å². The van der Waals surface area contributed by atoms with Crippen LogP contribution in [0.15, 0.2) is 23.1 Å². The van der Waals surface area contributed by atoms with Crippen LogP contribution >= 0.6 is 0 Å². The molecule has 1 aliphatic carbocycles. The van der Waals surface area contributed by atoms with E-state index >= 15 is 0 Å². The van der Waals surface area contributed by atoms with E-state index in [9.17, 15) is 13.5 Å². The molecule has 1 aromatic rings. The molecule has 3 atom stereocenters. The molecule has 3 rings (SSSR count). The number of ether oxygens (including phenoxy) is 1. The SMILES string of the molecule is C[C@@H]1CN([C@H](C)CO)S(=O)(=O)c2ccc(C#CCN(C)C)cc2O[C@@H]1CN(C)CC1CC1. The first-order valence-electron chi connectivity index (χ1n) is 11.4. The van der Waals surface area contributed by atoms with E-state index in [1.54, 1.807) is 25.1 Å². The quantitative estimate of drug-likeness (QED) is 0.621. The van der Waals surface area contributed by atoms with Crippen LogP contribution in [0.4, 0.5) is 0 Å². The maximum Gasteiger partial charge on any atom is 0.247 e. The lowest BCUT2D eigenvalue weighted by molar-refractivity contribution is 0.0740. The number of nitrogens with zero attached hydrogens (tertiary/aromatic N) is 3. The van der Waals surface area contributed by atoms with Gasteiger partial charge in [-0.05, 0) is 65.0 Å². The average molecular weight is 464 g/mol. The predicted octanol–water partition coefficient (Wildman–Crippen LogP) is 1.71. The molecular weight excluding hydrogens is 426 g/mol. The highest BCUT2D eigenvalue weighted by Crippen LogP contribution is 2.35. The summed E-state index contributed by atoms with van der Waals surface area (Å²) in [5.74, 6) is 7.26. The molecule has 178 valence electrons. The number of hydrogen-bond donors (Lipinski definition) is 1. The Balaban J connectivity index is 1.98. The molecule has 1 aromatic carbocycles. The van der Waals surface area contributed by atoms with Gasteiger partial charge in [-0.2, -0.15) is 4.31 Å². The lowest BCUT2D eigenvalue weighted by atomic mass is 10.0. The third-order valence-corrected chi connectivity index (χ3v) is 8.07. The van der Waals surface area contributed by atoms with Crippen molar-refractivity contribution in [3.63, 3.8) is 0 Å². The number of sulfonamides is 1. The van der Waals surface area contributed by atoms with E-state index in [0.717, 1.165) is 24.6 Å². The molecule has 0 bridgehead atoms. The van der Waals surface area contributed by atoms with Crippen molar-refractivity contribution >= 4 is 10.0 Å². The first-order chi connectivity index (χ1) is 15.1. The molecule has 0 radical (unpaired) electrons. The fourth-order valence-corrected chi connectivity index (χ4v) is 5.77. The minimum absolute atomic E-state index is 0.0444. The van der Waals surface area contributed by atoms with Crippen molar-refractivity contribution in [1.29, 1.82) is 0 Å². The fraction of sp³-hybridized carbons (Fsp3) is 0.667. The second-order valence-corrected chi connectivity index (χ2v) is 11.5. The smallest absolute Gasteiger partial charge is 0.247 e. The minimum Gasteiger partial charge on any atom is -0.487 e. The average Bonchev–Trinajstić information content (AvgIpc) is 3.53. The third-order valence-electron chi connectivity index (χ3n) is 6.05. The Morgan fingerprint density at radius 1 is 1.25 bits per heavy atom. The highest BCUT2D eigenvalue weighted by atomic mass is 32.2. The molecule has 32 heavy (non-hydrogen) atoms. The molecule has 0 saturated heterocycles. The molecule has 7 nitrogen and oxygen atoms in total. The zero-order valence-corrected chi connectivity index (χ0v) is 20.7. The van der Waals surface area contributed by atoms with E-state index in [0.29, 0.717) is 18.8 Å². The Kier molecular flexibility index (Phi) is 8.23. The summed E-state index contributed by atoms with van der Waals surface area (Å²) >= 11 is 0. The highest BCUT2D eigenvalue weighted by molar-refractivity contribution is 7.89. The number of aliphatic hydroxyl groups is 1. The van der Waals surface area contributed by atoms with Crippen molar-refractivity contribution in [3.05, 3.63) is 23.8 Å². The first kappa shape index (κ1) is 25.0. The number of hydrogen-bond acceptors (Lipinski definition) is 6. The van der Waals surface area contributed by atoms with Gasteiger partial charge in [-0.3, -0.25) is 4.90 Å². The van der Waals surface area contributed by atoms with Crippen molar-refractivity contribution in [2.45, 2.75) is 43.7 Å². The van der Waals surface area contributed by atoms with Crippen LogP contribution in [-0.4, -0.2) is 93.7 Å². The Hall–Kier alpha value is -1.63. The summed E-state index contributed by atoms with van der Waals surface area (Å²) in [6.45, 7) is 6.19. The molecule has 1 heterocycles. The number of aliphatic hydroxyl groups excluding tert-OH is 1. The lowest BCUT2D eigenvalue weighted by Crippen LogP contribution is -2.49. The van der Waals surface area contributed by atoms with E-state index in [1.165, 1.54) is 17.1 Å². The van der Waals surface area contributed by atoms with Crippen molar-refractivity contribution < 1.29 is 18.3 Å². The van der Waals surface area contributed by atoms with Crippen LogP contribution in [0.3, 0.4) is 0 Å². The highest BCUT2D eigenvalue weighted by Gasteiger charge is 2.38. The van der Waals surface area contributed by atoms with E-state index < -0.39 is 16.1 Å². The van der Waals surface area contributed by atoms with Gasteiger partial charge < -0.3 is 14.7 Å². The molecule has 8 heteroatoms. The second kappa shape index (κ2) is 10.5. The Morgan fingerprint density at radius 3 is 2.59 bits per heavy atom. The van der Waals surface area contributed by atoms with Crippen molar-refractivity contribution in [3.8, 4) is 17.6 Å². The summed E-state index contributed by atoms with van der Waals surface area (Å²) < 4.78 is 34.8. The van der Waals surface area contributed by atoms with E-state index in [-0.39, 0.29) is 23.5 Å². The summed E-state index contributed by atoms with van der Waals surface area (Å²) in [5, 5.41) is 9.75. The van der Waals surface area contributed by atoms with Gasteiger partial charge >= 0.3 is 0 Å². The van der Waals surface area contributed by atoms with Crippen LogP contribution in [0, 0.1) is 23.7 Å². The molecule has 0 spiro atoms. The number of rotatable bonds is 7. The maximum atomic E-state index is 13.5. The zero-order chi connectivity index (χ0) is 23.5. The summed E-state index contributed by atoms with van der Waals surface area (Å²) in [4.78, 5) is 4.40. The van der Waals surface area contributed by atoms with Gasteiger partial charge in [0, 0.05) is 37.2 Å². The van der Waals surface area contributed by atoms with Crippen LogP contribution in [0.5, 0.6) is 5.75 Å². The molecule has 2 aliphatic rings. The van der Waals surface area contributed by atoms with Gasteiger partial charge in [0.2, 0.25) is 10.0 Å². The maximum absolute atomic E-state index is 13.5. The van der Waals surface area contributed by atoms with Crippen LogP contribution in [0.1, 0.15) is 32.3 Å². The largest absolute Gasteiger partial charge is 0.487 e.